The third-order valence-corrected chi connectivity index (χ3v) is 7.49. The maximum absolute atomic E-state index is 13.3. The van der Waals surface area contributed by atoms with Crippen LogP contribution in [0.5, 0.6) is 0 Å². The first kappa shape index (κ1) is 27.4. The molecule has 1 aliphatic rings. The number of nitrogens with one attached hydrogen (secondary N) is 2. The number of amides is 2. The fraction of sp³-hybridized carbons (Fsp3) is 0.375. The summed E-state index contributed by atoms with van der Waals surface area (Å²) in [6.45, 7) is 11.7. The molecule has 4 rings (SSSR count). The summed E-state index contributed by atoms with van der Waals surface area (Å²) in [4.78, 5) is 31.0. The number of hydrogen-bond acceptors (Lipinski definition) is 4. The van der Waals surface area contributed by atoms with Crippen molar-refractivity contribution in [3.05, 3.63) is 83.9 Å². The van der Waals surface area contributed by atoms with Crippen molar-refractivity contribution in [2.45, 2.75) is 33.6 Å². The van der Waals surface area contributed by atoms with Crippen LogP contribution in [0.15, 0.2) is 72.8 Å². The summed E-state index contributed by atoms with van der Waals surface area (Å²) >= 11 is 0. The van der Waals surface area contributed by atoms with Gasteiger partial charge >= 0.3 is 0 Å². The first-order valence-electron chi connectivity index (χ1n) is 13.8. The highest BCUT2D eigenvalue weighted by Crippen LogP contribution is 2.29. The molecule has 1 saturated heterocycles. The molecule has 0 unspecified atom stereocenters. The Hall–Kier alpha value is -3.64. The molecule has 0 bridgehead atoms. The van der Waals surface area contributed by atoms with Crippen molar-refractivity contribution in [2.75, 3.05) is 49.5 Å². The molecule has 0 saturated carbocycles. The quantitative estimate of drug-likeness (QED) is 0.354. The third kappa shape index (κ3) is 7.01. The van der Waals surface area contributed by atoms with Crippen LogP contribution < -0.4 is 15.5 Å². The zero-order valence-electron chi connectivity index (χ0n) is 22.9. The van der Waals surface area contributed by atoms with Gasteiger partial charge in [-0.2, -0.15) is 0 Å². The molecule has 38 heavy (non-hydrogen) atoms. The van der Waals surface area contributed by atoms with Gasteiger partial charge in [-0.3, -0.25) is 9.59 Å². The van der Waals surface area contributed by atoms with E-state index in [1.54, 1.807) is 0 Å². The summed E-state index contributed by atoms with van der Waals surface area (Å²) < 4.78 is 0. The lowest BCUT2D eigenvalue weighted by molar-refractivity contribution is 0.0948. The number of benzene rings is 3. The molecule has 3 aromatic rings. The zero-order valence-corrected chi connectivity index (χ0v) is 22.9. The molecule has 200 valence electrons. The fourth-order valence-corrected chi connectivity index (χ4v) is 4.93. The third-order valence-electron chi connectivity index (χ3n) is 7.49. The monoisotopic (exact) mass is 512 g/mol. The number of nitrogens with zero attached hydrogens (tertiary/aromatic N) is 2. The van der Waals surface area contributed by atoms with Gasteiger partial charge in [0.05, 0.1) is 5.56 Å². The molecule has 1 fully saturated rings. The molecule has 0 atom stereocenters. The molecule has 0 spiro atoms. The Labute approximate surface area is 227 Å². The van der Waals surface area contributed by atoms with Gasteiger partial charge in [0.15, 0.2) is 0 Å². The first-order chi connectivity index (χ1) is 18.5. The number of hydrogen-bond donors (Lipinski definition) is 2. The molecule has 6 nitrogen and oxygen atoms in total. The predicted molar refractivity (Wildman–Crippen MR) is 157 cm³/mol. The van der Waals surface area contributed by atoms with Gasteiger partial charge in [0.25, 0.3) is 11.8 Å². The normalized spacial score (nSPS) is 13.9. The van der Waals surface area contributed by atoms with Crippen molar-refractivity contribution in [1.82, 2.24) is 10.2 Å². The number of likely N-dealkylation sites (N-methyl/N-ethyl adjacent to an activating group) is 1. The van der Waals surface area contributed by atoms with Crippen LogP contribution in [-0.2, 0) is 0 Å². The van der Waals surface area contributed by atoms with Crippen molar-refractivity contribution < 1.29 is 9.59 Å². The molecule has 6 heteroatoms. The molecule has 0 aliphatic carbocycles. The molecule has 0 aromatic heterocycles. The van der Waals surface area contributed by atoms with Gasteiger partial charge in [-0.25, -0.2) is 0 Å². The lowest BCUT2D eigenvalue weighted by Crippen LogP contribution is -2.37. The van der Waals surface area contributed by atoms with E-state index >= 15 is 0 Å². The lowest BCUT2D eigenvalue weighted by Gasteiger charge is -2.33. The summed E-state index contributed by atoms with van der Waals surface area (Å²) in [6.07, 6.45) is 2.22. The second kappa shape index (κ2) is 13.2. The van der Waals surface area contributed by atoms with E-state index in [-0.39, 0.29) is 11.8 Å². The van der Waals surface area contributed by atoms with Crippen molar-refractivity contribution in [2.24, 2.45) is 5.92 Å². The second-order valence-electron chi connectivity index (χ2n) is 10.1. The van der Waals surface area contributed by atoms with Crippen LogP contribution in [0.4, 0.5) is 11.4 Å². The second-order valence-corrected chi connectivity index (χ2v) is 10.1. The van der Waals surface area contributed by atoms with Crippen LogP contribution in [0.1, 0.15) is 54.3 Å². The zero-order chi connectivity index (χ0) is 26.9. The highest BCUT2D eigenvalue weighted by atomic mass is 16.2. The molecule has 1 heterocycles. The van der Waals surface area contributed by atoms with Gasteiger partial charge in [-0.05, 0) is 73.3 Å². The van der Waals surface area contributed by atoms with Gasteiger partial charge in [0, 0.05) is 43.1 Å². The average Bonchev–Trinajstić information content (AvgIpc) is 2.96. The summed E-state index contributed by atoms with van der Waals surface area (Å²) in [5.41, 5.74) is 4.90. The Bertz CT molecular complexity index is 1200. The van der Waals surface area contributed by atoms with E-state index in [0.29, 0.717) is 29.3 Å². The molecule has 2 amide bonds. The highest BCUT2D eigenvalue weighted by Gasteiger charge is 2.22. The van der Waals surface area contributed by atoms with Gasteiger partial charge in [0.1, 0.15) is 0 Å². The van der Waals surface area contributed by atoms with Crippen LogP contribution in [0.25, 0.3) is 11.1 Å². The van der Waals surface area contributed by atoms with Crippen molar-refractivity contribution in [1.29, 1.82) is 0 Å². The topological polar surface area (TPSA) is 64.7 Å². The van der Waals surface area contributed by atoms with Crippen LogP contribution >= 0.6 is 0 Å². The van der Waals surface area contributed by atoms with E-state index in [9.17, 15) is 9.59 Å². The molecular weight excluding hydrogens is 472 g/mol. The summed E-state index contributed by atoms with van der Waals surface area (Å²) in [6, 6.07) is 23.4. The van der Waals surface area contributed by atoms with Crippen LogP contribution in [-0.4, -0.2) is 56.0 Å². The maximum Gasteiger partial charge on any atom is 0.255 e. The van der Waals surface area contributed by atoms with Gasteiger partial charge in [0.2, 0.25) is 0 Å². The SMILES string of the molecule is CCN(CC)CCNC(=O)c1cc(NC(=O)c2ccc(-c3ccccc3)cc2)ccc1N1CCC(C)CC1. The fourth-order valence-electron chi connectivity index (χ4n) is 4.93. The highest BCUT2D eigenvalue weighted by molar-refractivity contribution is 6.06. The Morgan fingerprint density at radius 2 is 1.53 bits per heavy atom. The van der Waals surface area contributed by atoms with E-state index in [2.05, 4.69) is 41.2 Å². The summed E-state index contributed by atoms with van der Waals surface area (Å²) in [5.74, 6) is 0.399. The van der Waals surface area contributed by atoms with E-state index < -0.39 is 0 Å². The van der Waals surface area contributed by atoms with Gasteiger partial charge < -0.3 is 20.4 Å². The maximum atomic E-state index is 13.3. The van der Waals surface area contributed by atoms with Gasteiger partial charge in [-0.1, -0.05) is 63.2 Å². The Balaban J connectivity index is 1.50. The molecule has 3 aromatic carbocycles. The number of rotatable bonds is 10. The Kier molecular flexibility index (Phi) is 9.55. The molecule has 0 radical (unpaired) electrons. The summed E-state index contributed by atoms with van der Waals surface area (Å²) in [7, 11) is 0. The van der Waals surface area contributed by atoms with Crippen LogP contribution in [0, 0.1) is 5.92 Å². The Morgan fingerprint density at radius 3 is 2.18 bits per heavy atom. The molecular formula is C32H40N4O2. The van der Waals surface area contributed by atoms with E-state index in [1.165, 1.54) is 0 Å². The van der Waals surface area contributed by atoms with Crippen molar-refractivity contribution in [3.8, 4) is 11.1 Å². The summed E-state index contributed by atoms with van der Waals surface area (Å²) in [5, 5.41) is 6.10. The number of carbonyl (C=O) groups excluding carboxylic acids is 2. The largest absolute Gasteiger partial charge is 0.371 e. The Morgan fingerprint density at radius 1 is 0.868 bits per heavy atom. The van der Waals surface area contributed by atoms with E-state index in [4.69, 9.17) is 0 Å². The number of carbonyl (C=O) groups is 2. The van der Waals surface area contributed by atoms with Gasteiger partial charge in [-0.15, -0.1) is 0 Å². The van der Waals surface area contributed by atoms with Crippen LogP contribution in [0.2, 0.25) is 0 Å². The van der Waals surface area contributed by atoms with E-state index in [1.807, 2.05) is 72.8 Å². The average molecular weight is 513 g/mol. The minimum Gasteiger partial charge on any atom is -0.371 e. The minimum atomic E-state index is -0.197. The van der Waals surface area contributed by atoms with Crippen molar-refractivity contribution in [3.63, 3.8) is 0 Å². The van der Waals surface area contributed by atoms with Crippen molar-refractivity contribution >= 4 is 23.2 Å². The number of anilines is 2. The first-order valence-corrected chi connectivity index (χ1v) is 13.8. The molecule has 1 aliphatic heterocycles. The minimum absolute atomic E-state index is 0.103. The smallest absolute Gasteiger partial charge is 0.255 e. The lowest BCUT2D eigenvalue weighted by atomic mass is 9.97. The number of piperidine rings is 1. The predicted octanol–water partition coefficient (Wildman–Crippen LogP) is 5.91. The van der Waals surface area contributed by atoms with Crippen LogP contribution in [0.3, 0.4) is 0 Å². The van der Waals surface area contributed by atoms with E-state index in [0.717, 1.165) is 62.4 Å². The standard InChI is InChI=1S/C32H40N4O2/c1-4-35(5-2)22-19-33-32(38)29-23-28(15-16-30(29)36-20-17-24(3)18-21-36)34-31(37)27-13-11-26(12-14-27)25-9-7-6-8-10-25/h6-16,23-24H,4-5,17-22H2,1-3H3,(H,33,38)(H,34,37). The molecule has 2 N–H and O–H groups in total.